The molecule has 0 unspecified atom stereocenters. The number of benzene rings is 1. The van der Waals surface area contributed by atoms with E-state index in [2.05, 4.69) is 21.1 Å². The normalized spacial score (nSPS) is 11.4. The van der Waals surface area contributed by atoms with Crippen molar-refractivity contribution in [1.82, 2.24) is 0 Å². The third-order valence-corrected chi connectivity index (χ3v) is 1.87. The minimum absolute atomic E-state index is 0.268. The molecule has 14 heavy (non-hydrogen) atoms. The zero-order chi connectivity index (χ0) is 10.6. The minimum atomic E-state index is 0.268. The summed E-state index contributed by atoms with van der Waals surface area (Å²) in [6.07, 6.45) is 0. The van der Waals surface area contributed by atoms with Gasteiger partial charge in [0.25, 0.3) is 0 Å². The van der Waals surface area contributed by atoms with E-state index in [4.69, 9.17) is 9.84 Å². The van der Waals surface area contributed by atoms with Crippen LogP contribution >= 0.6 is 0 Å². The van der Waals surface area contributed by atoms with Gasteiger partial charge in [-0.2, -0.15) is 0 Å². The van der Waals surface area contributed by atoms with Gasteiger partial charge in [-0.3, -0.25) is 0 Å². The maximum atomic E-state index is 9.05. The van der Waals surface area contributed by atoms with Crippen LogP contribution in [0.1, 0.15) is 0 Å². The molecular formula is C11H18NO2+. The molecule has 0 saturated carbocycles. The molecule has 1 rings (SSSR count). The Kier molecular flexibility index (Phi) is 3.36. The molecule has 1 aromatic carbocycles. The first kappa shape index (κ1) is 10.9. The van der Waals surface area contributed by atoms with Crippen LogP contribution in [0, 0.1) is 0 Å². The molecule has 0 aliphatic carbocycles. The molecule has 0 amide bonds. The molecule has 78 valence electrons. The average Bonchev–Trinajstić information content (AvgIpc) is 2.06. The molecule has 0 heterocycles. The number of hydrogen-bond acceptors (Lipinski definition) is 2. The predicted molar refractivity (Wildman–Crippen MR) is 56.5 cm³/mol. The second-order valence-corrected chi connectivity index (χ2v) is 4.36. The number of phenolic OH excluding ortho intramolecular Hbond substituents is 1. The Balaban J connectivity index is 2.35. The van der Waals surface area contributed by atoms with Gasteiger partial charge < -0.3 is 14.3 Å². The molecular weight excluding hydrogens is 178 g/mol. The summed E-state index contributed by atoms with van der Waals surface area (Å²) in [5.41, 5.74) is 0. The van der Waals surface area contributed by atoms with Gasteiger partial charge in [-0.05, 0) is 24.3 Å². The molecule has 1 aromatic rings. The second-order valence-electron chi connectivity index (χ2n) is 4.36. The van der Waals surface area contributed by atoms with Crippen LogP contribution in [0.5, 0.6) is 11.5 Å². The lowest BCUT2D eigenvalue weighted by atomic mass is 10.3. The third-order valence-electron chi connectivity index (χ3n) is 1.87. The molecule has 3 nitrogen and oxygen atoms in total. The van der Waals surface area contributed by atoms with E-state index in [-0.39, 0.29) is 5.75 Å². The van der Waals surface area contributed by atoms with Crippen LogP contribution in [0.15, 0.2) is 24.3 Å². The summed E-state index contributed by atoms with van der Waals surface area (Å²) in [6, 6.07) is 6.79. The van der Waals surface area contributed by atoms with Crippen LogP contribution in [0.4, 0.5) is 0 Å². The quantitative estimate of drug-likeness (QED) is 0.739. The lowest BCUT2D eigenvalue weighted by Gasteiger charge is -2.23. The van der Waals surface area contributed by atoms with Crippen LogP contribution in [-0.2, 0) is 0 Å². The SMILES string of the molecule is C[N+](C)(C)CCOc1ccc(O)cc1. The van der Waals surface area contributed by atoms with Gasteiger partial charge in [0.1, 0.15) is 24.7 Å². The Labute approximate surface area is 85.1 Å². The molecule has 3 heteroatoms. The van der Waals surface area contributed by atoms with Crippen molar-refractivity contribution >= 4 is 0 Å². The minimum Gasteiger partial charge on any atom is -0.508 e. The van der Waals surface area contributed by atoms with Gasteiger partial charge in [0.2, 0.25) is 0 Å². The van der Waals surface area contributed by atoms with E-state index in [9.17, 15) is 0 Å². The van der Waals surface area contributed by atoms with E-state index in [1.807, 2.05) is 0 Å². The topological polar surface area (TPSA) is 29.5 Å². The first-order valence-electron chi connectivity index (χ1n) is 4.70. The molecule has 0 aromatic heterocycles. The van der Waals surface area contributed by atoms with Gasteiger partial charge >= 0.3 is 0 Å². The number of hydrogen-bond donors (Lipinski definition) is 1. The van der Waals surface area contributed by atoms with Gasteiger partial charge in [0.15, 0.2) is 0 Å². The van der Waals surface area contributed by atoms with Crippen molar-refractivity contribution in [3.05, 3.63) is 24.3 Å². The van der Waals surface area contributed by atoms with Crippen molar-refractivity contribution < 1.29 is 14.3 Å². The van der Waals surface area contributed by atoms with Crippen LogP contribution < -0.4 is 4.74 Å². The van der Waals surface area contributed by atoms with Crippen LogP contribution in [-0.4, -0.2) is 43.9 Å². The van der Waals surface area contributed by atoms with Crippen molar-refractivity contribution in [2.45, 2.75) is 0 Å². The standard InChI is InChI=1S/C11H17NO2/c1-12(2,3)8-9-14-11-6-4-10(13)5-7-11/h4-7H,8-9H2,1-3H3/p+1. The molecule has 0 atom stereocenters. The molecule has 0 radical (unpaired) electrons. The maximum absolute atomic E-state index is 9.05. The summed E-state index contributed by atoms with van der Waals surface area (Å²) in [5.74, 6) is 1.07. The largest absolute Gasteiger partial charge is 0.508 e. The van der Waals surface area contributed by atoms with E-state index in [1.54, 1.807) is 24.3 Å². The average molecular weight is 196 g/mol. The summed E-state index contributed by atoms with van der Waals surface area (Å²) in [5, 5.41) is 9.05. The predicted octanol–water partition coefficient (Wildman–Crippen LogP) is 1.48. The summed E-state index contributed by atoms with van der Waals surface area (Å²) < 4.78 is 6.40. The van der Waals surface area contributed by atoms with E-state index in [1.165, 1.54) is 0 Å². The van der Waals surface area contributed by atoms with Crippen molar-refractivity contribution in [1.29, 1.82) is 0 Å². The summed E-state index contributed by atoms with van der Waals surface area (Å²) in [6.45, 7) is 1.65. The Bertz CT molecular complexity index is 274. The molecule has 0 aliphatic rings. The molecule has 0 spiro atoms. The molecule has 0 saturated heterocycles. The highest BCUT2D eigenvalue weighted by Gasteiger charge is 2.06. The van der Waals surface area contributed by atoms with Gasteiger partial charge in [-0.1, -0.05) is 0 Å². The Hall–Kier alpha value is -1.22. The highest BCUT2D eigenvalue weighted by molar-refractivity contribution is 5.29. The zero-order valence-corrected chi connectivity index (χ0v) is 9.03. The Morgan fingerprint density at radius 2 is 1.71 bits per heavy atom. The lowest BCUT2D eigenvalue weighted by Crippen LogP contribution is -2.38. The Morgan fingerprint density at radius 3 is 2.21 bits per heavy atom. The Morgan fingerprint density at radius 1 is 1.14 bits per heavy atom. The monoisotopic (exact) mass is 196 g/mol. The maximum Gasteiger partial charge on any atom is 0.137 e. The highest BCUT2D eigenvalue weighted by atomic mass is 16.5. The van der Waals surface area contributed by atoms with Gasteiger partial charge in [-0.25, -0.2) is 0 Å². The zero-order valence-electron chi connectivity index (χ0n) is 9.03. The van der Waals surface area contributed by atoms with Gasteiger partial charge in [0.05, 0.1) is 21.1 Å². The summed E-state index contributed by atoms with van der Waals surface area (Å²) in [7, 11) is 6.38. The van der Waals surface area contributed by atoms with E-state index in [0.717, 1.165) is 16.8 Å². The lowest BCUT2D eigenvalue weighted by molar-refractivity contribution is -0.870. The smallest absolute Gasteiger partial charge is 0.137 e. The van der Waals surface area contributed by atoms with Crippen molar-refractivity contribution in [2.24, 2.45) is 0 Å². The van der Waals surface area contributed by atoms with Crippen molar-refractivity contribution in [3.63, 3.8) is 0 Å². The molecule has 1 N–H and O–H groups in total. The first-order chi connectivity index (χ1) is 6.47. The number of likely N-dealkylation sites (N-methyl/N-ethyl adjacent to an activating group) is 1. The van der Waals surface area contributed by atoms with Crippen molar-refractivity contribution in [2.75, 3.05) is 34.3 Å². The number of quaternary nitrogens is 1. The number of rotatable bonds is 4. The van der Waals surface area contributed by atoms with E-state index >= 15 is 0 Å². The molecule has 0 bridgehead atoms. The first-order valence-corrected chi connectivity index (χ1v) is 4.70. The fourth-order valence-corrected chi connectivity index (χ4v) is 0.980. The fourth-order valence-electron chi connectivity index (χ4n) is 0.980. The van der Waals surface area contributed by atoms with Crippen LogP contribution in [0.25, 0.3) is 0 Å². The van der Waals surface area contributed by atoms with E-state index < -0.39 is 0 Å². The molecule has 0 aliphatic heterocycles. The van der Waals surface area contributed by atoms with Crippen molar-refractivity contribution in [3.8, 4) is 11.5 Å². The summed E-state index contributed by atoms with van der Waals surface area (Å²) >= 11 is 0. The molecule has 0 fully saturated rings. The number of phenols is 1. The number of aromatic hydroxyl groups is 1. The fraction of sp³-hybridized carbons (Fsp3) is 0.455. The second kappa shape index (κ2) is 4.33. The number of ether oxygens (including phenoxy) is 1. The highest BCUT2D eigenvalue weighted by Crippen LogP contribution is 2.15. The van der Waals surface area contributed by atoms with Crippen LogP contribution in [0.3, 0.4) is 0 Å². The third kappa shape index (κ3) is 4.14. The van der Waals surface area contributed by atoms with Gasteiger partial charge in [-0.15, -0.1) is 0 Å². The van der Waals surface area contributed by atoms with E-state index in [0.29, 0.717) is 6.61 Å². The summed E-state index contributed by atoms with van der Waals surface area (Å²) in [4.78, 5) is 0. The van der Waals surface area contributed by atoms with Crippen LogP contribution in [0.2, 0.25) is 0 Å². The van der Waals surface area contributed by atoms with Gasteiger partial charge in [0, 0.05) is 0 Å². The number of nitrogens with zero attached hydrogens (tertiary/aromatic N) is 1.